The van der Waals surface area contributed by atoms with Gasteiger partial charge < -0.3 is 10.6 Å². The molecule has 4 heteroatoms. The van der Waals surface area contributed by atoms with Gasteiger partial charge in [0.25, 0.3) is 0 Å². The second-order valence-electron chi connectivity index (χ2n) is 4.53. The zero-order valence-corrected chi connectivity index (χ0v) is 11.8. The lowest BCUT2D eigenvalue weighted by Crippen LogP contribution is -2.36. The minimum atomic E-state index is 0.255. The summed E-state index contributed by atoms with van der Waals surface area (Å²) < 4.78 is 0. The molecule has 3 nitrogen and oxygen atoms in total. The fourth-order valence-electron chi connectivity index (χ4n) is 1.57. The van der Waals surface area contributed by atoms with E-state index in [0.717, 1.165) is 18.6 Å². The average Bonchev–Trinajstić information content (AvgIpc) is 2.25. The second-order valence-corrected chi connectivity index (χ2v) is 5.44. The monoisotopic (exact) mass is 246 g/mol. The number of hydrogen-bond donors (Lipinski definition) is 1. The van der Waals surface area contributed by atoms with Crippen molar-refractivity contribution in [3.63, 3.8) is 0 Å². The summed E-state index contributed by atoms with van der Waals surface area (Å²) in [5.74, 6) is 1.81. The topological polar surface area (TPSA) is 46.3 Å². The van der Waals surface area contributed by atoms with E-state index in [-0.39, 0.29) is 5.91 Å². The Bertz CT molecular complexity index is 199. The van der Waals surface area contributed by atoms with Gasteiger partial charge in [-0.2, -0.15) is 11.8 Å². The summed E-state index contributed by atoms with van der Waals surface area (Å²) in [5, 5.41) is 0. The average molecular weight is 246 g/mol. The van der Waals surface area contributed by atoms with Crippen LogP contribution in [0.4, 0.5) is 0 Å². The fraction of sp³-hybridized carbons (Fsp3) is 0.917. The molecule has 0 rings (SSSR count). The lowest BCUT2D eigenvalue weighted by Gasteiger charge is -2.25. The van der Waals surface area contributed by atoms with Gasteiger partial charge in [0.1, 0.15) is 0 Å². The van der Waals surface area contributed by atoms with E-state index in [4.69, 9.17) is 5.73 Å². The Hall–Kier alpha value is -0.220. The third-order valence-corrected chi connectivity index (χ3v) is 3.79. The summed E-state index contributed by atoms with van der Waals surface area (Å²) in [5.41, 5.74) is 5.49. The molecular formula is C12H26N2OS. The van der Waals surface area contributed by atoms with Crippen LogP contribution < -0.4 is 5.73 Å². The molecule has 0 bridgehead atoms. The molecule has 0 aromatic carbocycles. The van der Waals surface area contributed by atoms with Crippen LogP contribution >= 0.6 is 11.8 Å². The van der Waals surface area contributed by atoms with Crippen LogP contribution in [0.1, 0.15) is 33.1 Å². The smallest absolute Gasteiger partial charge is 0.222 e. The first kappa shape index (κ1) is 15.8. The second kappa shape index (κ2) is 8.88. The number of nitrogens with zero attached hydrogens (tertiary/aromatic N) is 1. The first-order valence-corrected chi connectivity index (χ1v) is 7.37. The molecule has 16 heavy (non-hydrogen) atoms. The minimum absolute atomic E-state index is 0.255. The Morgan fingerprint density at radius 2 is 2.00 bits per heavy atom. The molecule has 2 atom stereocenters. The van der Waals surface area contributed by atoms with Gasteiger partial charge in [0.15, 0.2) is 0 Å². The van der Waals surface area contributed by atoms with Crippen LogP contribution in [0.2, 0.25) is 0 Å². The number of carbonyl (C=O) groups excluding carboxylic acids is 1. The van der Waals surface area contributed by atoms with E-state index in [1.165, 1.54) is 0 Å². The molecule has 0 fully saturated rings. The number of thioether (sulfide) groups is 1. The van der Waals surface area contributed by atoms with Crippen molar-refractivity contribution in [2.75, 3.05) is 25.6 Å². The Morgan fingerprint density at radius 1 is 1.38 bits per heavy atom. The van der Waals surface area contributed by atoms with Gasteiger partial charge in [-0.3, -0.25) is 4.79 Å². The number of nitrogens with two attached hydrogens (primary N) is 1. The SMILES string of the molecule is CSCC(C)N(C)C(=O)CCC(C)CCN. The van der Waals surface area contributed by atoms with Crippen LogP contribution in [0, 0.1) is 5.92 Å². The predicted molar refractivity (Wildman–Crippen MR) is 72.7 cm³/mol. The summed E-state index contributed by atoms with van der Waals surface area (Å²) in [7, 11) is 1.90. The van der Waals surface area contributed by atoms with Gasteiger partial charge in [0, 0.05) is 25.3 Å². The van der Waals surface area contributed by atoms with Gasteiger partial charge in [-0.25, -0.2) is 0 Å². The lowest BCUT2D eigenvalue weighted by atomic mass is 10.0. The molecule has 0 radical (unpaired) electrons. The quantitative estimate of drug-likeness (QED) is 0.712. The zero-order chi connectivity index (χ0) is 12.6. The highest BCUT2D eigenvalue weighted by Gasteiger charge is 2.15. The van der Waals surface area contributed by atoms with E-state index in [2.05, 4.69) is 20.1 Å². The lowest BCUT2D eigenvalue weighted by molar-refractivity contribution is -0.131. The zero-order valence-electron chi connectivity index (χ0n) is 11.0. The summed E-state index contributed by atoms with van der Waals surface area (Å²) in [6, 6.07) is 0.326. The fourth-order valence-corrected chi connectivity index (χ4v) is 2.28. The van der Waals surface area contributed by atoms with Crippen LogP contribution in [-0.4, -0.2) is 42.4 Å². The van der Waals surface area contributed by atoms with Gasteiger partial charge in [-0.1, -0.05) is 6.92 Å². The van der Waals surface area contributed by atoms with Crippen molar-refractivity contribution in [3.8, 4) is 0 Å². The molecule has 0 aliphatic rings. The van der Waals surface area contributed by atoms with E-state index >= 15 is 0 Å². The molecule has 2 unspecified atom stereocenters. The van der Waals surface area contributed by atoms with E-state index in [0.29, 0.717) is 24.9 Å². The standard InChI is InChI=1S/C12H26N2OS/c1-10(7-8-13)5-6-12(15)14(3)11(2)9-16-4/h10-11H,5-9,13H2,1-4H3. The third kappa shape index (κ3) is 6.38. The highest BCUT2D eigenvalue weighted by atomic mass is 32.2. The number of amides is 1. The van der Waals surface area contributed by atoms with Crippen molar-refractivity contribution in [1.82, 2.24) is 4.90 Å². The van der Waals surface area contributed by atoms with E-state index < -0.39 is 0 Å². The maximum absolute atomic E-state index is 11.9. The maximum Gasteiger partial charge on any atom is 0.222 e. The van der Waals surface area contributed by atoms with Crippen LogP contribution in [0.15, 0.2) is 0 Å². The summed E-state index contributed by atoms with van der Waals surface area (Å²) >= 11 is 1.78. The molecule has 96 valence electrons. The predicted octanol–water partition coefficient (Wildman–Crippen LogP) is 1.96. The molecule has 0 aromatic heterocycles. The molecule has 0 spiro atoms. The van der Waals surface area contributed by atoms with Crippen molar-refractivity contribution in [2.24, 2.45) is 11.7 Å². The van der Waals surface area contributed by atoms with Gasteiger partial charge in [-0.05, 0) is 38.5 Å². The van der Waals surface area contributed by atoms with Crippen LogP contribution in [0.3, 0.4) is 0 Å². The van der Waals surface area contributed by atoms with Crippen LogP contribution in [0.5, 0.6) is 0 Å². The summed E-state index contributed by atoms with van der Waals surface area (Å²) in [6.07, 6.45) is 4.68. The maximum atomic E-state index is 11.9. The molecule has 0 heterocycles. The Morgan fingerprint density at radius 3 is 2.50 bits per heavy atom. The molecule has 0 aromatic rings. The van der Waals surface area contributed by atoms with Gasteiger partial charge in [0.05, 0.1) is 0 Å². The van der Waals surface area contributed by atoms with Crippen molar-refractivity contribution in [2.45, 2.75) is 39.2 Å². The molecular weight excluding hydrogens is 220 g/mol. The molecule has 0 saturated carbocycles. The minimum Gasteiger partial charge on any atom is -0.342 e. The third-order valence-electron chi connectivity index (χ3n) is 2.97. The van der Waals surface area contributed by atoms with E-state index in [9.17, 15) is 4.79 Å². The highest BCUT2D eigenvalue weighted by Crippen LogP contribution is 2.12. The Balaban J connectivity index is 3.87. The first-order chi connectivity index (χ1) is 7.52. The van der Waals surface area contributed by atoms with Gasteiger partial charge >= 0.3 is 0 Å². The van der Waals surface area contributed by atoms with Gasteiger partial charge in [-0.15, -0.1) is 0 Å². The summed E-state index contributed by atoms with van der Waals surface area (Å²) in [6.45, 7) is 4.97. The molecule has 0 aliphatic heterocycles. The number of rotatable bonds is 8. The van der Waals surface area contributed by atoms with Crippen LogP contribution in [-0.2, 0) is 4.79 Å². The van der Waals surface area contributed by atoms with Crippen LogP contribution in [0.25, 0.3) is 0 Å². The van der Waals surface area contributed by atoms with E-state index in [1.807, 2.05) is 11.9 Å². The first-order valence-electron chi connectivity index (χ1n) is 5.97. The highest BCUT2D eigenvalue weighted by molar-refractivity contribution is 7.98. The molecule has 2 N–H and O–H groups in total. The van der Waals surface area contributed by atoms with Crippen molar-refractivity contribution in [1.29, 1.82) is 0 Å². The van der Waals surface area contributed by atoms with Crippen molar-refractivity contribution >= 4 is 17.7 Å². The normalized spacial score (nSPS) is 14.6. The van der Waals surface area contributed by atoms with Crippen molar-refractivity contribution in [3.05, 3.63) is 0 Å². The molecule has 0 aliphatic carbocycles. The summed E-state index contributed by atoms with van der Waals surface area (Å²) in [4.78, 5) is 13.7. The number of hydrogen-bond acceptors (Lipinski definition) is 3. The largest absolute Gasteiger partial charge is 0.342 e. The van der Waals surface area contributed by atoms with Gasteiger partial charge in [0.2, 0.25) is 5.91 Å². The Labute approximate surface area is 104 Å². The van der Waals surface area contributed by atoms with E-state index in [1.54, 1.807) is 11.8 Å². The Kier molecular flexibility index (Phi) is 8.76. The molecule has 1 amide bonds. The van der Waals surface area contributed by atoms with Crippen molar-refractivity contribution < 1.29 is 4.79 Å². The number of carbonyl (C=O) groups is 1. The molecule has 0 saturated heterocycles.